The quantitative estimate of drug-likeness (QED) is 0.825. The van der Waals surface area contributed by atoms with E-state index in [4.69, 9.17) is 9.47 Å². The Labute approximate surface area is 156 Å². The number of amides is 1. The number of hydrogen-bond acceptors (Lipinski definition) is 4. The molecule has 1 aromatic carbocycles. The predicted octanol–water partition coefficient (Wildman–Crippen LogP) is 1.96. The van der Waals surface area contributed by atoms with Gasteiger partial charge in [0.05, 0.1) is 19.3 Å². The summed E-state index contributed by atoms with van der Waals surface area (Å²) in [4.78, 5) is 18.0. The molecule has 0 N–H and O–H groups in total. The van der Waals surface area contributed by atoms with E-state index in [2.05, 4.69) is 40.1 Å². The van der Waals surface area contributed by atoms with Gasteiger partial charge in [0.1, 0.15) is 0 Å². The molecule has 26 heavy (non-hydrogen) atoms. The van der Waals surface area contributed by atoms with E-state index < -0.39 is 0 Å². The fraction of sp³-hybridized carbons (Fsp3) is 0.667. The van der Waals surface area contributed by atoms with Crippen LogP contribution in [0.2, 0.25) is 0 Å². The summed E-state index contributed by atoms with van der Waals surface area (Å²) in [7, 11) is 0. The van der Waals surface area contributed by atoms with Crippen molar-refractivity contribution in [2.45, 2.75) is 37.8 Å². The first kappa shape index (κ1) is 18.0. The van der Waals surface area contributed by atoms with Gasteiger partial charge in [-0.15, -0.1) is 0 Å². The molecule has 142 valence electrons. The Hall–Kier alpha value is -1.43. The van der Waals surface area contributed by atoms with Crippen molar-refractivity contribution in [1.29, 1.82) is 0 Å². The molecule has 0 unspecified atom stereocenters. The topological polar surface area (TPSA) is 42.0 Å². The zero-order valence-corrected chi connectivity index (χ0v) is 15.5. The van der Waals surface area contributed by atoms with E-state index in [-0.39, 0.29) is 12.0 Å². The highest BCUT2D eigenvalue weighted by molar-refractivity contribution is 5.79. The fourth-order valence-electron chi connectivity index (χ4n) is 4.73. The second-order valence-electron chi connectivity index (χ2n) is 7.68. The van der Waals surface area contributed by atoms with Crippen LogP contribution in [0.4, 0.5) is 0 Å². The second-order valence-corrected chi connectivity index (χ2v) is 7.68. The molecule has 3 aliphatic heterocycles. The van der Waals surface area contributed by atoms with Crippen LogP contribution in [0, 0.1) is 5.92 Å². The van der Waals surface area contributed by atoms with E-state index >= 15 is 0 Å². The van der Waals surface area contributed by atoms with Gasteiger partial charge < -0.3 is 14.4 Å². The van der Waals surface area contributed by atoms with E-state index in [0.29, 0.717) is 11.9 Å². The standard InChI is InChI=1S/C21H30N2O3/c24-21(18-7-12-25-13-8-18)23-9-6-19(22-10-14-26-15-11-22)20(23)16-17-4-2-1-3-5-17/h1-5,18-20H,6-16H2/t19-,20+/m0/s1. The van der Waals surface area contributed by atoms with Crippen molar-refractivity contribution in [2.75, 3.05) is 46.1 Å². The Morgan fingerprint density at radius 2 is 1.62 bits per heavy atom. The molecule has 5 nitrogen and oxygen atoms in total. The zero-order chi connectivity index (χ0) is 17.8. The van der Waals surface area contributed by atoms with Crippen LogP contribution >= 0.6 is 0 Å². The first-order valence-corrected chi connectivity index (χ1v) is 10.1. The third-order valence-electron chi connectivity index (χ3n) is 6.17. The van der Waals surface area contributed by atoms with Gasteiger partial charge in [0.15, 0.2) is 0 Å². The van der Waals surface area contributed by atoms with E-state index in [9.17, 15) is 4.79 Å². The fourth-order valence-corrected chi connectivity index (χ4v) is 4.73. The van der Waals surface area contributed by atoms with Gasteiger partial charge in [0.25, 0.3) is 0 Å². The van der Waals surface area contributed by atoms with Gasteiger partial charge in [-0.05, 0) is 31.2 Å². The molecule has 5 heteroatoms. The monoisotopic (exact) mass is 358 g/mol. The molecule has 3 aliphatic rings. The maximum Gasteiger partial charge on any atom is 0.226 e. The number of rotatable bonds is 4. The largest absolute Gasteiger partial charge is 0.381 e. The summed E-state index contributed by atoms with van der Waals surface area (Å²) in [6, 6.07) is 11.3. The number of nitrogens with zero attached hydrogens (tertiary/aromatic N) is 2. The summed E-state index contributed by atoms with van der Waals surface area (Å²) in [5.74, 6) is 0.496. The highest BCUT2D eigenvalue weighted by Crippen LogP contribution is 2.30. The van der Waals surface area contributed by atoms with Crippen LogP contribution in [-0.2, 0) is 20.7 Å². The number of likely N-dealkylation sites (tertiary alicyclic amines) is 1. The Bertz CT molecular complexity index is 582. The lowest BCUT2D eigenvalue weighted by molar-refractivity contribution is -0.140. The van der Waals surface area contributed by atoms with Crippen LogP contribution in [0.3, 0.4) is 0 Å². The van der Waals surface area contributed by atoms with E-state index in [1.165, 1.54) is 5.56 Å². The average Bonchev–Trinajstić information content (AvgIpc) is 3.13. The minimum atomic E-state index is 0.144. The first-order valence-electron chi connectivity index (χ1n) is 10.1. The number of benzene rings is 1. The van der Waals surface area contributed by atoms with Crippen LogP contribution in [-0.4, -0.2) is 73.9 Å². The first-order chi connectivity index (χ1) is 12.8. The summed E-state index contributed by atoms with van der Waals surface area (Å²) in [6.45, 7) is 5.91. The number of ether oxygens (including phenoxy) is 2. The minimum Gasteiger partial charge on any atom is -0.381 e. The molecule has 2 atom stereocenters. The van der Waals surface area contributed by atoms with E-state index in [1.54, 1.807) is 0 Å². The molecule has 0 spiro atoms. The van der Waals surface area contributed by atoms with Crippen molar-refractivity contribution in [3.05, 3.63) is 35.9 Å². The van der Waals surface area contributed by atoms with Gasteiger partial charge in [-0.1, -0.05) is 30.3 Å². The lowest BCUT2D eigenvalue weighted by Crippen LogP contribution is -2.52. The van der Waals surface area contributed by atoms with Crippen molar-refractivity contribution in [1.82, 2.24) is 9.80 Å². The van der Waals surface area contributed by atoms with Gasteiger partial charge in [-0.2, -0.15) is 0 Å². The number of morpholine rings is 1. The molecule has 0 radical (unpaired) electrons. The van der Waals surface area contributed by atoms with Crippen molar-refractivity contribution in [3.63, 3.8) is 0 Å². The lowest BCUT2D eigenvalue weighted by Gasteiger charge is -2.38. The normalized spacial score (nSPS) is 28.4. The Morgan fingerprint density at radius 1 is 0.923 bits per heavy atom. The summed E-state index contributed by atoms with van der Waals surface area (Å²) in [6.07, 6.45) is 3.76. The molecule has 4 rings (SSSR count). The molecule has 3 saturated heterocycles. The molecule has 3 heterocycles. The highest BCUT2D eigenvalue weighted by Gasteiger charge is 2.42. The van der Waals surface area contributed by atoms with Crippen LogP contribution in [0.25, 0.3) is 0 Å². The molecule has 0 aliphatic carbocycles. The smallest absolute Gasteiger partial charge is 0.226 e. The zero-order valence-electron chi connectivity index (χ0n) is 15.5. The number of hydrogen-bond donors (Lipinski definition) is 0. The van der Waals surface area contributed by atoms with Crippen molar-refractivity contribution in [3.8, 4) is 0 Å². The third-order valence-corrected chi connectivity index (χ3v) is 6.17. The van der Waals surface area contributed by atoms with Crippen molar-refractivity contribution in [2.24, 2.45) is 5.92 Å². The van der Waals surface area contributed by atoms with E-state index in [0.717, 1.165) is 71.7 Å². The number of carbonyl (C=O) groups is 1. The molecule has 1 amide bonds. The maximum atomic E-state index is 13.3. The molecular weight excluding hydrogens is 328 g/mol. The Balaban J connectivity index is 1.52. The molecule has 0 bridgehead atoms. The molecule has 1 aromatic rings. The lowest BCUT2D eigenvalue weighted by atomic mass is 9.95. The third kappa shape index (κ3) is 3.95. The second kappa shape index (κ2) is 8.51. The van der Waals surface area contributed by atoms with Crippen LogP contribution < -0.4 is 0 Å². The number of carbonyl (C=O) groups excluding carboxylic acids is 1. The van der Waals surface area contributed by atoms with Gasteiger partial charge in [0, 0.05) is 44.8 Å². The highest BCUT2D eigenvalue weighted by atomic mass is 16.5. The SMILES string of the molecule is O=C(C1CCOCC1)N1CC[C@H](N2CCOCC2)[C@H]1Cc1ccccc1. The molecular formula is C21H30N2O3. The summed E-state index contributed by atoms with van der Waals surface area (Å²) in [5, 5.41) is 0. The van der Waals surface area contributed by atoms with Crippen molar-refractivity contribution < 1.29 is 14.3 Å². The van der Waals surface area contributed by atoms with Crippen LogP contribution in [0.15, 0.2) is 30.3 Å². The minimum absolute atomic E-state index is 0.144. The summed E-state index contributed by atoms with van der Waals surface area (Å²) < 4.78 is 11.0. The molecule has 0 saturated carbocycles. The van der Waals surface area contributed by atoms with Gasteiger partial charge in [-0.25, -0.2) is 0 Å². The van der Waals surface area contributed by atoms with Gasteiger partial charge in [0.2, 0.25) is 5.91 Å². The predicted molar refractivity (Wildman–Crippen MR) is 100.0 cm³/mol. The van der Waals surface area contributed by atoms with Crippen molar-refractivity contribution >= 4 is 5.91 Å². The van der Waals surface area contributed by atoms with Gasteiger partial charge >= 0.3 is 0 Å². The Kier molecular flexibility index (Phi) is 5.88. The van der Waals surface area contributed by atoms with E-state index in [1.807, 2.05) is 0 Å². The summed E-state index contributed by atoms with van der Waals surface area (Å²) >= 11 is 0. The van der Waals surface area contributed by atoms with Crippen LogP contribution in [0.1, 0.15) is 24.8 Å². The average molecular weight is 358 g/mol. The molecule has 3 fully saturated rings. The summed E-state index contributed by atoms with van der Waals surface area (Å²) in [5.41, 5.74) is 1.32. The Morgan fingerprint density at radius 3 is 2.35 bits per heavy atom. The van der Waals surface area contributed by atoms with Gasteiger partial charge in [-0.3, -0.25) is 9.69 Å². The van der Waals surface area contributed by atoms with Crippen LogP contribution in [0.5, 0.6) is 0 Å². The molecule has 0 aromatic heterocycles. The maximum absolute atomic E-state index is 13.3.